The third kappa shape index (κ3) is 3.50. The number of benzene rings is 1. The van der Waals surface area contributed by atoms with E-state index in [1.807, 2.05) is 17.5 Å². The summed E-state index contributed by atoms with van der Waals surface area (Å²) in [4.78, 5) is 6.90. The molecule has 22 heavy (non-hydrogen) atoms. The summed E-state index contributed by atoms with van der Waals surface area (Å²) >= 11 is 15.1. The molecule has 2 heterocycles. The molecule has 3 nitrogen and oxygen atoms in total. The predicted octanol–water partition coefficient (Wildman–Crippen LogP) is 5.93. The molecule has 0 fully saturated rings. The summed E-state index contributed by atoms with van der Waals surface area (Å²) in [7, 11) is 0. The van der Waals surface area contributed by atoms with Crippen molar-refractivity contribution in [3.63, 3.8) is 0 Å². The van der Waals surface area contributed by atoms with Crippen LogP contribution in [0.2, 0.25) is 10.0 Å². The number of thiophene rings is 1. The second-order valence-corrected chi connectivity index (χ2v) is 7.41. The smallest absolute Gasteiger partial charge is 0.204 e. The van der Waals surface area contributed by atoms with E-state index in [1.165, 1.54) is 0 Å². The summed E-state index contributed by atoms with van der Waals surface area (Å²) in [6.45, 7) is 2.06. The van der Waals surface area contributed by atoms with Crippen molar-refractivity contribution in [2.45, 2.75) is 6.92 Å². The summed E-state index contributed by atoms with van der Waals surface area (Å²) in [6.07, 6.45) is 1.68. The van der Waals surface area contributed by atoms with Gasteiger partial charge in [-0.2, -0.15) is 5.10 Å². The van der Waals surface area contributed by atoms with E-state index in [-0.39, 0.29) is 0 Å². The van der Waals surface area contributed by atoms with E-state index in [0.717, 1.165) is 26.1 Å². The molecule has 7 heteroatoms. The van der Waals surface area contributed by atoms with E-state index in [2.05, 4.69) is 28.5 Å². The van der Waals surface area contributed by atoms with Crippen molar-refractivity contribution < 1.29 is 0 Å². The molecular weight excluding hydrogens is 357 g/mol. The lowest BCUT2D eigenvalue weighted by atomic mass is 10.2. The first-order chi connectivity index (χ1) is 10.6. The lowest BCUT2D eigenvalue weighted by Gasteiger charge is -1.97. The van der Waals surface area contributed by atoms with Gasteiger partial charge < -0.3 is 0 Å². The number of nitrogens with one attached hydrogen (secondary N) is 1. The molecule has 0 aliphatic heterocycles. The first-order valence-corrected chi connectivity index (χ1v) is 8.84. The minimum atomic E-state index is 0.510. The van der Waals surface area contributed by atoms with Crippen LogP contribution in [0, 0.1) is 6.92 Å². The summed E-state index contributed by atoms with van der Waals surface area (Å²) in [6, 6.07) is 9.44. The number of thiazole rings is 1. The topological polar surface area (TPSA) is 37.3 Å². The van der Waals surface area contributed by atoms with Crippen LogP contribution in [-0.2, 0) is 0 Å². The maximum Gasteiger partial charge on any atom is 0.204 e. The number of nitrogens with zero attached hydrogens (tertiary/aromatic N) is 2. The molecule has 3 rings (SSSR count). The normalized spacial score (nSPS) is 11.2. The molecule has 0 saturated carbocycles. The lowest BCUT2D eigenvalue weighted by molar-refractivity contribution is 1.29. The second-order valence-electron chi connectivity index (χ2n) is 4.44. The fraction of sp³-hybridized carbons (Fsp3) is 0.0667. The quantitative estimate of drug-likeness (QED) is 0.458. The summed E-state index contributed by atoms with van der Waals surface area (Å²) < 4.78 is 0. The minimum Gasteiger partial charge on any atom is -0.253 e. The van der Waals surface area contributed by atoms with Crippen LogP contribution in [-0.4, -0.2) is 11.2 Å². The third-order valence-corrected chi connectivity index (χ3v) is 5.36. The first-order valence-electron chi connectivity index (χ1n) is 6.39. The Morgan fingerprint density at radius 1 is 1.23 bits per heavy atom. The molecule has 0 aliphatic rings. The average Bonchev–Trinajstić information content (AvgIpc) is 3.12. The monoisotopic (exact) mass is 367 g/mol. The fourth-order valence-electron chi connectivity index (χ4n) is 1.84. The molecule has 2 aromatic heterocycles. The number of anilines is 1. The van der Waals surface area contributed by atoms with Gasteiger partial charge in [0, 0.05) is 4.88 Å². The molecule has 0 bridgehead atoms. The van der Waals surface area contributed by atoms with Crippen LogP contribution in [0.3, 0.4) is 0 Å². The van der Waals surface area contributed by atoms with Crippen molar-refractivity contribution in [3.05, 3.63) is 56.2 Å². The van der Waals surface area contributed by atoms with Crippen molar-refractivity contribution in [1.29, 1.82) is 0 Å². The van der Waals surface area contributed by atoms with E-state index in [4.69, 9.17) is 23.2 Å². The molecule has 0 radical (unpaired) electrons. The van der Waals surface area contributed by atoms with E-state index >= 15 is 0 Å². The zero-order valence-electron chi connectivity index (χ0n) is 11.5. The number of halogens is 2. The molecule has 0 amide bonds. The molecule has 1 N–H and O–H groups in total. The van der Waals surface area contributed by atoms with Crippen LogP contribution in [0.1, 0.15) is 10.4 Å². The maximum absolute atomic E-state index is 5.97. The van der Waals surface area contributed by atoms with Gasteiger partial charge in [0.2, 0.25) is 5.13 Å². The molecular formula is C15H11Cl2N3S2. The molecule has 112 valence electrons. The van der Waals surface area contributed by atoms with Crippen molar-refractivity contribution in [1.82, 2.24) is 4.98 Å². The molecule has 0 atom stereocenters. The molecule has 1 aromatic carbocycles. The van der Waals surface area contributed by atoms with Crippen molar-refractivity contribution in [3.8, 4) is 10.6 Å². The predicted molar refractivity (Wildman–Crippen MR) is 97.8 cm³/mol. The van der Waals surface area contributed by atoms with Crippen LogP contribution in [0.5, 0.6) is 0 Å². The third-order valence-electron chi connectivity index (χ3n) is 2.87. The van der Waals surface area contributed by atoms with E-state index in [0.29, 0.717) is 10.0 Å². The van der Waals surface area contributed by atoms with Gasteiger partial charge in [-0.1, -0.05) is 35.3 Å². The Kier molecular flexibility index (Phi) is 4.78. The molecule has 0 saturated heterocycles. The van der Waals surface area contributed by atoms with Gasteiger partial charge in [0.1, 0.15) is 0 Å². The summed E-state index contributed by atoms with van der Waals surface area (Å²) in [5.74, 6) is 0. The van der Waals surface area contributed by atoms with Gasteiger partial charge in [0.15, 0.2) is 0 Å². The van der Waals surface area contributed by atoms with Crippen molar-refractivity contribution in [2.75, 3.05) is 5.43 Å². The van der Waals surface area contributed by atoms with Crippen LogP contribution in [0.25, 0.3) is 10.6 Å². The largest absolute Gasteiger partial charge is 0.253 e. The van der Waals surface area contributed by atoms with Gasteiger partial charge in [0.25, 0.3) is 0 Å². The van der Waals surface area contributed by atoms with Gasteiger partial charge in [-0.05, 0) is 36.1 Å². The Bertz CT molecular complexity index is 810. The summed E-state index contributed by atoms with van der Waals surface area (Å²) in [5.41, 5.74) is 4.83. The first kappa shape index (κ1) is 15.5. The highest BCUT2D eigenvalue weighted by atomic mass is 35.5. The fourth-order valence-corrected chi connectivity index (χ4v) is 3.76. The van der Waals surface area contributed by atoms with Crippen LogP contribution < -0.4 is 5.43 Å². The summed E-state index contributed by atoms with van der Waals surface area (Å²) in [5, 5.41) is 8.04. The second kappa shape index (κ2) is 6.79. The van der Waals surface area contributed by atoms with Gasteiger partial charge in [-0.25, -0.2) is 4.98 Å². The van der Waals surface area contributed by atoms with E-state index < -0.39 is 0 Å². The number of rotatable bonds is 4. The maximum atomic E-state index is 5.97. The SMILES string of the molecule is Cc1sc(N/N=C\c2ccc(Cl)c(Cl)c2)nc1-c1cccs1. The lowest BCUT2D eigenvalue weighted by Crippen LogP contribution is -1.90. The Morgan fingerprint density at radius 2 is 2.09 bits per heavy atom. The van der Waals surface area contributed by atoms with Gasteiger partial charge in [-0.15, -0.1) is 22.7 Å². The standard InChI is InChI=1S/C15H11Cl2N3S2/c1-9-14(13-3-2-6-21-13)19-15(22-9)20-18-8-10-4-5-11(16)12(17)7-10/h2-8H,1H3,(H,19,20)/b18-8-. The Balaban J connectivity index is 1.72. The highest BCUT2D eigenvalue weighted by Gasteiger charge is 2.09. The Labute approximate surface area is 146 Å². The zero-order valence-corrected chi connectivity index (χ0v) is 14.7. The number of hydrogen-bond donors (Lipinski definition) is 1. The molecule has 0 unspecified atom stereocenters. The molecule has 0 spiro atoms. The van der Waals surface area contributed by atoms with Crippen LogP contribution >= 0.6 is 45.9 Å². The highest BCUT2D eigenvalue weighted by molar-refractivity contribution is 7.17. The number of aromatic nitrogens is 1. The highest BCUT2D eigenvalue weighted by Crippen LogP contribution is 2.32. The molecule has 3 aromatic rings. The number of hydrogen-bond acceptors (Lipinski definition) is 5. The van der Waals surface area contributed by atoms with Crippen molar-refractivity contribution >= 4 is 57.2 Å². The van der Waals surface area contributed by atoms with Crippen molar-refractivity contribution in [2.24, 2.45) is 5.10 Å². The van der Waals surface area contributed by atoms with Gasteiger partial charge >= 0.3 is 0 Å². The van der Waals surface area contributed by atoms with E-state index in [9.17, 15) is 0 Å². The van der Waals surface area contributed by atoms with Gasteiger partial charge in [-0.3, -0.25) is 5.43 Å². The number of aryl methyl sites for hydroxylation is 1. The van der Waals surface area contributed by atoms with Crippen LogP contribution in [0.4, 0.5) is 5.13 Å². The average molecular weight is 368 g/mol. The Hall–Kier alpha value is -1.40. The number of hydrazone groups is 1. The van der Waals surface area contributed by atoms with Gasteiger partial charge in [0.05, 0.1) is 26.8 Å². The zero-order chi connectivity index (χ0) is 15.5. The van der Waals surface area contributed by atoms with Crippen LogP contribution in [0.15, 0.2) is 40.8 Å². The van der Waals surface area contributed by atoms with E-state index in [1.54, 1.807) is 41.0 Å². The Morgan fingerprint density at radius 3 is 2.82 bits per heavy atom. The molecule has 0 aliphatic carbocycles. The minimum absolute atomic E-state index is 0.510.